The van der Waals surface area contributed by atoms with E-state index in [0.717, 1.165) is 30.0 Å². The molecule has 2 aromatic rings. The summed E-state index contributed by atoms with van der Waals surface area (Å²) in [6, 6.07) is 17.6. The largest absolute Gasteiger partial charge is 0.496 e. The molecule has 0 bridgehead atoms. The molecule has 0 radical (unpaired) electrons. The minimum Gasteiger partial charge on any atom is -0.496 e. The van der Waals surface area contributed by atoms with E-state index in [1.165, 1.54) is 19.3 Å². The summed E-state index contributed by atoms with van der Waals surface area (Å²) in [6.07, 6.45) is 3.62. The van der Waals surface area contributed by atoms with Crippen molar-refractivity contribution in [2.24, 2.45) is 5.73 Å². The molecule has 0 aromatic heterocycles. The Balaban J connectivity index is 1.79. The van der Waals surface area contributed by atoms with Crippen LogP contribution in [0.25, 0.3) is 0 Å². The van der Waals surface area contributed by atoms with E-state index >= 15 is 0 Å². The zero-order chi connectivity index (χ0) is 20.0. The van der Waals surface area contributed by atoms with Gasteiger partial charge in [0.05, 0.1) is 13.2 Å². The minimum atomic E-state index is -1.07. The number of hydrogen-bond donors (Lipinski definition) is 2. The van der Waals surface area contributed by atoms with E-state index in [4.69, 9.17) is 10.5 Å². The zero-order valence-corrected chi connectivity index (χ0v) is 16.9. The van der Waals surface area contributed by atoms with E-state index < -0.39 is 5.54 Å². The molecular weight excluding hydrogens is 350 g/mol. The minimum absolute atomic E-state index is 0.0620. The first kappa shape index (κ1) is 20.4. The summed E-state index contributed by atoms with van der Waals surface area (Å²) >= 11 is 0. The zero-order valence-electron chi connectivity index (χ0n) is 16.9. The fraction of sp³-hybridized carbons (Fsp3) is 0.435. The number of hydrogen-bond acceptors (Lipinski definition) is 4. The first-order valence-electron chi connectivity index (χ1n) is 10.0. The standard InChI is InChI=1S/C23H31N3O2/c1-23(24,18-11-5-3-6-12-18)22(27)25-17-20(26-15-9-4-10-16-26)19-13-7-8-14-21(19)28-2/h3,5-8,11-14,20H,4,9-10,15-17,24H2,1-2H3,(H,25,27). The number of likely N-dealkylation sites (tertiary alicyclic amines) is 1. The van der Waals surface area contributed by atoms with Crippen LogP contribution in [0.3, 0.4) is 0 Å². The van der Waals surface area contributed by atoms with Gasteiger partial charge in [0.15, 0.2) is 0 Å². The summed E-state index contributed by atoms with van der Waals surface area (Å²) in [5.74, 6) is 0.682. The van der Waals surface area contributed by atoms with E-state index in [9.17, 15) is 4.79 Å². The van der Waals surface area contributed by atoms with Crippen molar-refractivity contribution in [2.75, 3.05) is 26.7 Å². The average molecular weight is 382 g/mol. The van der Waals surface area contributed by atoms with Crippen molar-refractivity contribution in [1.29, 1.82) is 0 Å². The first-order chi connectivity index (χ1) is 13.5. The van der Waals surface area contributed by atoms with Gasteiger partial charge in [-0.05, 0) is 44.5 Å². The molecule has 0 saturated carbocycles. The normalized spacial score (nSPS) is 18.1. The smallest absolute Gasteiger partial charge is 0.244 e. The van der Waals surface area contributed by atoms with Crippen LogP contribution < -0.4 is 15.8 Å². The summed E-state index contributed by atoms with van der Waals surface area (Å²) in [6.45, 7) is 4.31. The molecule has 150 valence electrons. The Labute approximate surface area is 167 Å². The maximum Gasteiger partial charge on any atom is 0.244 e. The number of benzene rings is 2. The van der Waals surface area contributed by atoms with Crippen LogP contribution >= 0.6 is 0 Å². The number of nitrogens with zero attached hydrogens (tertiary/aromatic N) is 1. The monoisotopic (exact) mass is 381 g/mol. The highest BCUT2D eigenvalue weighted by Gasteiger charge is 2.32. The Morgan fingerprint density at radius 1 is 1.11 bits per heavy atom. The molecule has 1 aliphatic heterocycles. The van der Waals surface area contributed by atoms with Gasteiger partial charge in [-0.25, -0.2) is 0 Å². The Bertz CT molecular complexity index is 770. The molecule has 5 nitrogen and oxygen atoms in total. The number of carbonyl (C=O) groups is 1. The Kier molecular flexibility index (Phi) is 6.70. The summed E-state index contributed by atoms with van der Waals surface area (Å²) in [7, 11) is 1.69. The van der Waals surface area contributed by atoms with Gasteiger partial charge in [-0.1, -0.05) is 55.0 Å². The number of para-hydroxylation sites is 1. The van der Waals surface area contributed by atoms with Crippen LogP contribution in [-0.2, 0) is 10.3 Å². The molecule has 2 unspecified atom stereocenters. The lowest BCUT2D eigenvalue weighted by Gasteiger charge is -2.36. The maximum absolute atomic E-state index is 13.0. The molecule has 3 N–H and O–H groups in total. The molecular formula is C23H31N3O2. The average Bonchev–Trinajstić information content (AvgIpc) is 2.75. The van der Waals surface area contributed by atoms with Crippen molar-refractivity contribution < 1.29 is 9.53 Å². The van der Waals surface area contributed by atoms with Gasteiger partial charge in [0, 0.05) is 12.1 Å². The Morgan fingerprint density at radius 2 is 1.75 bits per heavy atom. The van der Waals surface area contributed by atoms with Gasteiger partial charge < -0.3 is 15.8 Å². The van der Waals surface area contributed by atoms with Crippen molar-refractivity contribution in [1.82, 2.24) is 10.2 Å². The van der Waals surface area contributed by atoms with Crippen LogP contribution in [0.15, 0.2) is 54.6 Å². The van der Waals surface area contributed by atoms with Gasteiger partial charge in [0.1, 0.15) is 11.3 Å². The van der Waals surface area contributed by atoms with Crippen molar-refractivity contribution in [3.8, 4) is 5.75 Å². The molecule has 3 rings (SSSR count). The second-order valence-corrected chi connectivity index (χ2v) is 7.63. The summed E-state index contributed by atoms with van der Waals surface area (Å²) < 4.78 is 5.60. The molecule has 5 heteroatoms. The number of nitrogens with two attached hydrogens (primary N) is 1. The van der Waals surface area contributed by atoms with Crippen LogP contribution in [0.1, 0.15) is 43.4 Å². The second kappa shape index (κ2) is 9.22. The number of ether oxygens (including phenoxy) is 1. The molecule has 28 heavy (non-hydrogen) atoms. The lowest BCUT2D eigenvalue weighted by Crippen LogP contribution is -2.51. The van der Waals surface area contributed by atoms with Crippen LogP contribution in [0.4, 0.5) is 0 Å². The van der Waals surface area contributed by atoms with Gasteiger partial charge in [-0.2, -0.15) is 0 Å². The maximum atomic E-state index is 13.0. The van der Waals surface area contributed by atoms with Crippen LogP contribution in [0.2, 0.25) is 0 Å². The Morgan fingerprint density at radius 3 is 2.43 bits per heavy atom. The fourth-order valence-corrected chi connectivity index (χ4v) is 3.90. The second-order valence-electron chi connectivity index (χ2n) is 7.63. The van der Waals surface area contributed by atoms with Crippen LogP contribution in [0, 0.1) is 0 Å². The predicted molar refractivity (Wildman–Crippen MR) is 112 cm³/mol. The molecule has 0 spiro atoms. The first-order valence-corrected chi connectivity index (χ1v) is 10.0. The molecule has 2 atom stereocenters. The van der Waals surface area contributed by atoms with E-state index in [2.05, 4.69) is 16.3 Å². The summed E-state index contributed by atoms with van der Waals surface area (Å²) in [5, 5.41) is 3.11. The van der Waals surface area contributed by atoms with Gasteiger partial charge >= 0.3 is 0 Å². The third-order valence-electron chi connectivity index (χ3n) is 5.63. The molecule has 1 fully saturated rings. The van der Waals surface area contributed by atoms with E-state index in [1.807, 2.05) is 48.5 Å². The molecule has 2 aromatic carbocycles. The third-order valence-corrected chi connectivity index (χ3v) is 5.63. The summed E-state index contributed by atoms with van der Waals surface area (Å²) in [5.41, 5.74) is 7.22. The van der Waals surface area contributed by atoms with Gasteiger partial charge in [-0.15, -0.1) is 0 Å². The molecule has 0 aliphatic carbocycles. The Hall–Kier alpha value is -2.37. The van der Waals surface area contributed by atoms with Gasteiger partial charge in [0.2, 0.25) is 5.91 Å². The predicted octanol–water partition coefficient (Wildman–Crippen LogP) is 3.21. The van der Waals surface area contributed by atoms with E-state index in [1.54, 1.807) is 14.0 Å². The lowest BCUT2D eigenvalue weighted by atomic mass is 9.92. The molecule has 1 amide bonds. The number of rotatable bonds is 7. The van der Waals surface area contributed by atoms with Gasteiger partial charge in [0.25, 0.3) is 0 Å². The molecule has 1 heterocycles. The molecule has 1 aliphatic rings. The number of amides is 1. The van der Waals surface area contributed by atoms with Crippen molar-refractivity contribution in [3.63, 3.8) is 0 Å². The van der Waals surface area contributed by atoms with Crippen molar-refractivity contribution >= 4 is 5.91 Å². The highest BCUT2D eigenvalue weighted by Crippen LogP contribution is 2.31. The highest BCUT2D eigenvalue weighted by atomic mass is 16.5. The fourth-order valence-electron chi connectivity index (χ4n) is 3.90. The van der Waals surface area contributed by atoms with Crippen LogP contribution in [0.5, 0.6) is 5.75 Å². The summed E-state index contributed by atoms with van der Waals surface area (Å²) in [4.78, 5) is 15.4. The van der Waals surface area contributed by atoms with E-state index in [0.29, 0.717) is 6.54 Å². The number of methoxy groups -OCH3 is 1. The lowest BCUT2D eigenvalue weighted by molar-refractivity contribution is -0.126. The van der Waals surface area contributed by atoms with Crippen LogP contribution in [-0.4, -0.2) is 37.6 Å². The van der Waals surface area contributed by atoms with Crippen molar-refractivity contribution in [2.45, 2.75) is 37.8 Å². The third kappa shape index (κ3) is 4.54. The van der Waals surface area contributed by atoms with Gasteiger partial charge in [-0.3, -0.25) is 9.69 Å². The topological polar surface area (TPSA) is 67.6 Å². The van der Waals surface area contributed by atoms with Crippen molar-refractivity contribution in [3.05, 3.63) is 65.7 Å². The number of piperidine rings is 1. The number of carbonyl (C=O) groups excluding carboxylic acids is 1. The van der Waals surface area contributed by atoms with E-state index in [-0.39, 0.29) is 11.9 Å². The quantitative estimate of drug-likeness (QED) is 0.773. The number of nitrogens with one attached hydrogen (secondary N) is 1. The SMILES string of the molecule is COc1ccccc1C(CNC(=O)C(C)(N)c1ccccc1)N1CCCCC1. The highest BCUT2D eigenvalue weighted by molar-refractivity contribution is 5.87. The molecule has 1 saturated heterocycles.